The third-order valence-electron chi connectivity index (χ3n) is 3.89. The van der Waals surface area contributed by atoms with E-state index in [2.05, 4.69) is 5.32 Å². The Bertz CT molecular complexity index is 1050. The summed E-state index contributed by atoms with van der Waals surface area (Å²) in [6.07, 6.45) is -0.145. The van der Waals surface area contributed by atoms with Crippen LogP contribution in [0.25, 0.3) is 5.76 Å². The number of aliphatic hydroxyl groups is 1. The van der Waals surface area contributed by atoms with Crippen molar-refractivity contribution in [3.05, 3.63) is 62.6 Å². The van der Waals surface area contributed by atoms with Crippen LogP contribution in [0.15, 0.2) is 46.9 Å². The molecule has 1 amide bonds. The van der Waals surface area contributed by atoms with Gasteiger partial charge in [0.05, 0.1) is 26.3 Å². The molecular weight excluding hydrogens is 444 g/mol. The van der Waals surface area contributed by atoms with Crippen molar-refractivity contribution in [3.63, 3.8) is 0 Å². The maximum atomic E-state index is 12.6. The molecule has 10 heteroatoms. The van der Waals surface area contributed by atoms with Crippen LogP contribution in [0.2, 0.25) is 15.1 Å². The molecule has 1 aliphatic rings. The van der Waals surface area contributed by atoms with Crippen LogP contribution >= 0.6 is 34.8 Å². The maximum absolute atomic E-state index is 12.6. The Morgan fingerprint density at radius 1 is 1.04 bits per heavy atom. The van der Waals surface area contributed by atoms with Gasteiger partial charge >= 0.3 is 29.6 Å². The molecule has 1 heterocycles. The van der Waals surface area contributed by atoms with Gasteiger partial charge < -0.3 is 10.4 Å². The van der Waals surface area contributed by atoms with Crippen molar-refractivity contribution in [1.29, 1.82) is 0 Å². The van der Waals surface area contributed by atoms with Gasteiger partial charge in [0.25, 0.3) is 5.91 Å². The van der Waals surface area contributed by atoms with Crippen LogP contribution in [-0.4, -0.2) is 54.7 Å². The minimum atomic E-state index is -3.66. The van der Waals surface area contributed by atoms with E-state index in [1.54, 1.807) is 6.07 Å². The average Bonchev–Trinajstić information content (AvgIpc) is 2.66. The third-order valence-corrected chi connectivity index (χ3v) is 6.63. The molecule has 0 saturated heterocycles. The molecule has 0 spiro atoms. The van der Waals surface area contributed by atoms with Crippen molar-refractivity contribution < 1.29 is 18.3 Å². The van der Waals surface area contributed by atoms with Crippen LogP contribution in [0.5, 0.6) is 0 Å². The number of amides is 1. The fraction of sp³-hybridized carbons (Fsp3) is 0.118. The molecule has 0 bridgehead atoms. The quantitative estimate of drug-likeness (QED) is 0.667. The van der Waals surface area contributed by atoms with E-state index in [9.17, 15) is 18.3 Å². The molecule has 1 aliphatic heterocycles. The zero-order valence-electron chi connectivity index (χ0n) is 13.1. The number of anilines is 1. The number of hydrogen-bond acceptors (Lipinski definition) is 4. The summed E-state index contributed by atoms with van der Waals surface area (Å²) >= 11 is 17.7. The van der Waals surface area contributed by atoms with Crippen molar-refractivity contribution in [2.45, 2.75) is 11.3 Å². The normalized spacial score (nSPS) is 15.4. The molecule has 0 unspecified atom stereocenters. The summed E-state index contributed by atoms with van der Waals surface area (Å²) in [4.78, 5) is 12.5. The van der Waals surface area contributed by atoms with Gasteiger partial charge in [0.1, 0.15) is 5.76 Å². The molecular formula is C17H13Cl3NNaO4S. The first-order valence-corrected chi connectivity index (χ1v) is 10.2. The van der Waals surface area contributed by atoms with Gasteiger partial charge in [0, 0.05) is 16.3 Å². The summed E-state index contributed by atoms with van der Waals surface area (Å²) in [6, 6.07) is 8.58. The standard InChI is InChI=1S/C17H12Cl3NO4S.Na.H/c18-9-1-4-15-12(7-9)16(22)11(5-6-26(15,24)25)17(23)21-10-2-3-13(19)14(20)8-10;;/h1-4,7-8,22H,5-6H2,(H,21,23);;. The van der Waals surface area contributed by atoms with E-state index in [1.165, 1.54) is 30.3 Å². The Kier molecular flexibility index (Phi) is 7.30. The summed E-state index contributed by atoms with van der Waals surface area (Å²) in [6.45, 7) is 0. The van der Waals surface area contributed by atoms with Crippen molar-refractivity contribution in [1.82, 2.24) is 0 Å². The number of hydrogen-bond donors (Lipinski definition) is 2. The van der Waals surface area contributed by atoms with Crippen molar-refractivity contribution in [2.75, 3.05) is 11.1 Å². The van der Waals surface area contributed by atoms with Crippen molar-refractivity contribution >= 4 is 91.6 Å². The second kappa shape index (κ2) is 8.74. The second-order valence-corrected chi connectivity index (χ2v) is 8.95. The van der Waals surface area contributed by atoms with Gasteiger partial charge in [-0.05, 0) is 42.8 Å². The average molecular weight is 457 g/mol. The van der Waals surface area contributed by atoms with E-state index in [-0.39, 0.29) is 67.8 Å². The van der Waals surface area contributed by atoms with E-state index in [0.29, 0.717) is 10.7 Å². The van der Waals surface area contributed by atoms with E-state index < -0.39 is 21.5 Å². The summed E-state index contributed by atoms with van der Waals surface area (Å²) in [7, 11) is -3.66. The monoisotopic (exact) mass is 455 g/mol. The Balaban J connectivity index is 0.00000261. The first kappa shape index (κ1) is 22.6. The molecule has 5 nitrogen and oxygen atoms in total. The van der Waals surface area contributed by atoms with Crippen LogP contribution in [0.3, 0.4) is 0 Å². The molecule has 3 rings (SSSR count). The number of rotatable bonds is 2. The number of carbonyl (C=O) groups excluding carboxylic acids is 1. The first-order valence-electron chi connectivity index (χ1n) is 7.40. The zero-order chi connectivity index (χ0) is 19.1. The van der Waals surface area contributed by atoms with E-state index >= 15 is 0 Å². The number of fused-ring (bicyclic) bond motifs is 1. The van der Waals surface area contributed by atoms with Gasteiger partial charge in [-0.1, -0.05) is 34.8 Å². The van der Waals surface area contributed by atoms with E-state index in [4.69, 9.17) is 34.8 Å². The number of benzene rings is 2. The molecule has 0 radical (unpaired) electrons. The van der Waals surface area contributed by atoms with E-state index in [1.807, 2.05) is 0 Å². The number of halogens is 3. The number of nitrogens with one attached hydrogen (secondary N) is 1. The summed E-state index contributed by atoms with van der Waals surface area (Å²) in [5.41, 5.74) is 0.318. The molecule has 2 aromatic carbocycles. The van der Waals surface area contributed by atoms with Crippen LogP contribution in [-0.2, 0) is 14.6 Å². The third kappa shape index (κ3) is 4.82. The van der Waals surface area contributed by atoms with Crippen LogP contribution in [0, 0.1) is 0 Å². The van der Waals surface area contributed by atoms with E-state index in [0.717, 1.165) is 0 Å². The molecule has 138 valence electrons. The number of carbonyl (C=O) groups is 1. The Morgan fingerprint density at radius 2 is 1.74 bits per heavy atom. The molecule has 2 N–H and O–H groups in total. The van der Waals surface area contributed by atoms with Crippen LogP contribution < -0.4 is 5.32 Å². The minimum absolute atomic E-state index is 0. The molecule has 0 aromatic heterocycles. The van der Waals surface area contributed by atoms with Gasteiger partial charge in [0.2, 0.25) is 0 Å². The van der Waals surface area contributed by atoms with Gasteiger partial charge in [0.15, 0.2) is 9.84 Å². The zero-order valence-corrected chi connectivity index (χ0v) is 16.2. The number of aliphatic hydroxyl groups excluding tert-OH is 1. The molecule has 27 heavy (non-hydrogen) atoms. The molecule has 0 fully saturated rings. The van der Waals surface area contributed by atoms with Gasteiger partial charge in [-0.15, -0.1) is 0 Å². The molecule has 0 aliphatic carbocycles. The predicted octanol–water partition coefficient (Wildman–Crippen LogP) is 4.08. The van der Waals surface area contributed by atoms with Crippen LogP contribution in [0.4, 0.5) is 5.69 Å². The Hall–Kier alpha value is -0.730. The fourth-order valence-electron chi connectivity index (χ4n) is 2.59. The summed E-state index contributed by atoms with van der Waals surface area (Å²) < 4.78 is 24.8. The Morgan fingerprint density at radius 3 is 2.41 bits per heavy atom. The fourth-order valence-corrected chi connectivity index (χ4v) is 4.52. The van der Waals surface area contributed by atoms with Crippen molar-refractivity contribution in [3.8, 4) is 0 Å². The van der Waals surface area contributed by atoms with Crippen molar-refractivity contribution in [2.24, 2.45) is 0 Å². The first-order chi connectivity index (χ1) is 12.2. The predicted molar refractivity (Wildman–Crippen MR) is 110 cm³/mol. The SMILES string of the molecule is O=C(Nc1ccc(Cl)c(Cl)c1)C1=C(O)c2cc(Cl)ccc2S(=O)(=O)CC1.[NaH]. The summed E-state index contributed by atoms with van der Waals surface area (Å²) in [5, 5.41) is 14.0. The summed E-state index contributed by atoms with van der Waals surface area (Å²) in [5.74, 6) is -1.36. The van der Waals surface area contributed by atoms with Gasteiger partial charge in [-0.25, -0.2) is 8.42 Å². The second-order valence-electron chi connectivity index (χ2n) is 5.62. The van der Waals surface area contributed by atoms with Gasteiger partial charge in [-0.2, -0.15) is 0 Å². The Labute approximate surface area is 193 Å². The molecule has 0 saturated carbocycles. The van der Waals surface area contributed by atoms with Gasteiger partial charge in [-0.3, -0.25) is 4.79 Å². The van der Waals surface area contributed by atoms with Crippen LogP contribution in [0.1, 0.15) is 12.0 Å². The topological polar surface area (TPSA) is 83.5 Å². The molecule has 0 atom stereocenters. The molecule has 2 aromatic rings. The number of sulfone groups is 1.